The first kappa shape index (κ1) is 97.4. The molecular formula is C84H68F16N4O12S8. The van der Waals surface area contributed by atoms with E-state index in [9.17, 15) is 89.4 Å². The van der Waals surface area contributed by atoms with E-state index in [1.807, 2.05) is 76.2 Å². The van der Waals surface area contributed by atoms with Gasteiger partial charge in [-0.15, -0.1) is 92.4 Å². The van der Waals surface area contributed by atoms with Crippen molar-refractivity contribution in [3.8, 4) is 65.3 Å². The maximum atomic E-state index is 13.9. The molecule has 8 aromatic carbocycles. The largest absolute Gasteiger partial charge is 0.482 e. The average molecular weight is 1890 g/mol. The Balaban J connectivity index is 0.000000187. The number of aliphatic carboxylic acids is 4. The van der Waals surface area contributed by atoms with E-state index in [4.69, 9.17) is 39.4 Å². The molecule has 0 saturated heterocycles. The normalized spacial score (nSPS) is 11.5. The highest BCUT2D eigenvalue weighted by molar-refractivity contribution is 7.99. The molecule has 0 amide bonds. The van der Waals surface area contributed by atoms with E-state index in [1.165, 1.54) is 117 Å². The number of hydrogen-bond donors (Lipinski definition) is 4. The van der Waals surface area contributed by atoms with Crippen LogP contribution in [-0.2, 0) is 66.9 Å². The van der Waals surface area contributed by atoms with Crippen LogP contribution in [0.4, 0.5) is 70.2 Å². The van der Waals surface area contributed by atoms with E-state index in [0.717, 1.165) is 133 Å². The SMILES string of the molecule is Cc1cc(SCc2sc(-c3ccc(C(F)(F)F)c(F)c3)nc2C)ccc1OCC(=O)O.Cc1cc(SCc2sc(-c3ccc(C(F)(F)F)c(F)c3)nc2C)ccc1OCC(=O)O.Cc1cc(SCc2sc(-c3ccc(C(F)(F)F)c(F)c3)nc2C)ccc1OCC(=O)O.Cc1cc(SCc2sc(-c3ccc(C(F)(F)F)c(F)c3)nc2C)ccc1OCC(=O)O. The van der Waals surface area contributed by atoms with Crippen molar-refractivity contribution in [1.82, 2.24) is 19.9 Å². The van der Waals surface area contributed by atoms with Gasteiger partial charge >= 0.3 is 48.6 Å². The first-order chi connectivity index (χ1) is 58.2. The number of nitrogens with zero attached hydrogens (tertiary/aromatic N) is 4. The number of thioether (sulfide) groups is 4. The Bertz CT molecular complexity index is 5150. The number of ether oxygens (including phenoxy) is 4. The number of aryl methyl sites for hydroxylation is 8. The molecule has 0 fully saturated rings. The van der Waals surface area contributed by atoms with Crippen molar-refractivity contribution in [2.45, 2.75) is 123 Å². The molecule has 0 saturated carbocycles. The number of carboxylic acids is 4. The van der Waals surface area contributed by atoms with Gasteiger partial charge < -0.3 is 39.4 Å². The lowest BCUT2D eigenvalue weighted by Gasteiger charge is -2.09. The highest BCUT2D eigenvalue weighted by atomic mass is 32.2. The van der Waals surface area contributed by atoms with Gasteiger partial charge in [0.25, 0.3) is 0 Å². The summed E-state index contributed by atoms with van der Waals surface area (Å²) in [5, 5.41) is 36.6. The first-order valence-electron chi connectivity index (χ1n) is 35.8. The summed E-state index contributed by atoms with van der Waals surface area (Å²) < 4.78 is 229. The number of carbonyl (C=O) groups is 4. The van der Waals surface area contributed by atoms with E-state index in [0.29, 0.717) is 88.3 Å². The number of thiazole rings is 4. The second kappa shape index (κ2) is 42.6. The molecule has 0 unspecified atom stereocenters. The zero-order valence-electron chi connectivity index (χ0n) is 65.7. The van der Waals surface area contributed by atoms with Gasteiger partial charge in [0.2, 0.25) is 0 Å². The maximum Gasteiger partial charge on any atom is 0.419 e. The number of halogens is 16. The van der Waals surface area contributed by atoms with Crippen LogP contribution in [0.5, 0.6) is 23.0 Å². The third-order valence-electron chi connectivity index (χ3n) is 17.1. The lowest BCUT2D eigenvalue weighted by molar-refractivity contribution is -0.140. The Morgan fingerprint density at radius 1 is 0.298 bits per heavy atom. The molecule has 4 N–H and O–H groups in total. The van der Waals surface area contributed by atoms with Gasteiger partial charge in [0.05, 0.1) is 45.0 Å². The quantitative estimate of drug-likeness (QED) is 0.0263. The molecule has 0 aliphatic rings. The van der Waals surface area contributed by atoms with Gasteiger partial charge in [-0.1, -0.05) is 24.3 Å². The van der Waals surface area contributed by atoms with E-state index in [-0.39, 0.29) is 0 Å². The van der Waals surface area contributed by atoms with Crippen LogP contribution in [0, 0.1) is 78.7 Å². The third-order valence-corrected chi connectivity index (χ3v) is 26.8. The van der Waals surface area contributed by atoms with Crippen LogP contribution in [0.15, 0.2) is 165 Å². The van der Waals surface area contributed by atoms with Gasteiger partial charge in [-0.25, -0.2) is 56.7 Å². The van der Waals surface area contributed by atoms with Gasteiger partial charge in [-0.2, -0.15) is 52.7 Å². The van der Waals surface area contributed by atoms with Crippen molar-refractivity contribution < 1.29 is 129 Å². The minimum atomic E-state index is -4.74. The van der Waals surface area contributed by atoms with Crippen LogP contribution in [-0.4, -0.2) is 90.7 Å². The lowest BCUT2D eigenvalue weighted by atomic mass is 10.1. The Labute approximate surface area is 730 Å². The molecule has 0 bridgehead atoms. The van der Waals surface area contributed by atoms with Crippen LogP contribution in [0.1, 0.15) is 86.8 Å². The van der Waals surface area contributed by atoms with Crippen LogP contribution in [0.25, 0.3) is 42.3 Å². The van der Waals surface area contributed by atoms with Crippen molar-refractivity contribution in [2.24, 2.45) is 0 Å². The number of hydrogen-bond acceptors (Lipinski definition) is 20. The highest BCUT2D eigenvalue weighted by Crippen LogP contribution is 2.44. The van der Waals surface area contributed by atoms with Crippen molar-refractivity contribution in [3.05, 3.63) is 256 Å². The molecule has 4 aromatic heterocycles. The van der Waals surface area contributed by atoms with Crippen LogP contribution in [0.3, 0.4) is 0 Å². The van der Waals surface area contributed by atoms with Crippen LogP contribution >= 0.6 is 92.4 Å². The summed E-state index contributed by atoms with van der Waals surface area (Å²) in [7, 11) is 0. The minimum Gasteiger partial charge on any atom is -0.482 e. The fraction of sp³-hybridized carbons (Fsp3) is 0.238. The molecule has 0 aliphatic carbocycles. The van der Waals surface area contributed by atoms with Gasteiger partial charge in [0, 0.05) is 84.4 Å². The van der Waals surface area contributed by atoms with Crippen molar-refractivity contribution >= 4 is 116 Å². The number of aromatic nitrogens is 4. The molecule has 0 spiro atoms. The second-order valence-electron chi connectivity index (χ2n) is 26.5. The summed E-state index contributed by atoms with van der Waals surface area (Å²) in [6.45, 7) is 12.8. The summed E-state index contributed by atoms with van der Waals surface area (Å²) in [5.41, 5.74) is 2.10. The molecule has 12 rings (SSSR count). The monoisotopic (exact) mass is 1880 g/mol. The Hall–Kier alpha value is -10.4. The van der Waals surface area contributed by atoms with Gasteiger partial charge in [-0.05, 0) is 199 Å². The zero-order valence-corrected chi connectivity index (χ0v) is 72.2. The van der Waals surface area contributed by atoms with Gasteiger partial charge in [-0.3, -0.25) is 0 Å². The molecule has 12 aromatic rings. The van der Waals surface area contributed by atoms with E-state index in [2.05, 4.69) is 19.9 Å². The summed E-state index contributed by atoms with van der Waals surface area (Å²) in [6.07, 6.45) is -19.0. The van der Waals surface area contributed by atoms with Gasteiger partial charge in [0.15, 0.2) is 26.4 Å². The molecule has 0 aliphatic heterocycles. The van der Waals surface area contributed by atoms with E-state index < -0.39 is 121 Å². The average Bonchev–Trinajstić information content (AvgIpc) is 1.57. The fourth-order valence-electron chi connectivity index (χ4n) is 10.9. The van der Waals surface area contributed by atoms with E-state index in [1.54, 1.807) is 52.0 Å². The van der Waals surface area contributed by atoms with Crippen LogP contribution in [0.2, 0.25) is 0 Å². The molecule has 0 atom stereocenters. The molecular weight excluding hydrogens is 1820 g/mol. The summed E-state index contributed by atoms with van der Waals surface area (Å²) >= 11 is 11.3. The summed E-state index contributed by atoms with van der Waals surface area (Å²) in [5.74, 6) is -5.26. The molecule has 124 heavy (non-hydrogen) atoms. The topological polar surface area (TPSA) is 238 Å². The molecule has 4 heterocycles. The lowest BCUT2D eigenvalue weighted by Crippen LogP contribution is -2.09. The maximum absolute atomic E-state index is 13.9. The minimum absolute atomic E-state index is 0.297. The zero-order chi connectivity index (χ0) is 91.0. The predicted molar refractivity (Wildman–Crippen MR) is 444 cm³/mol. The third kappa shape index (κ3) is 27.8. The summed E-state index contributed by atoms with van der Waals surface area (Å²) in [4.78, 5) is 67.4. The van der Waals surface area contributed by atoms with Crippen molar-refractivity contribution in [3.63, 3.8) is 0 Å². The number of carboxylic acid groups (broad SMARTS) is 4. The van der Waals surface area contributed by atoms with Crippen molar-refractivity contribution in [1.29, 1.82) is 0 Å². The molecule has 656 valence electrons. The highest BCUT2D eigenvalue weighted by Gasteiger charge is 2.38. The van der Waals surface area contributed by atoms with E-state index >= 15 is 0 Å². The summed E-state index contributed by atoms with van der Waals surface area (Å²) in [6, 6.07) is 32.8. The smallest absolute Gasteiger partial charge is 0.419 e. The standard InChI is InChI=1S/4C21H17F4NO3S2/c4*1-11-7-14(4-6-17(11)29-9-19(27)28)30-10-18-12(2)26-20(31-18)13-3-5-15(16(22)8-13)21(23,24)25/h4*3-8H,9-10H2,1-2H3,(H,27,28). The number of rotatable bonds is 28. The number of alkyl halides is 12. The van der Waals surface area contributed by atoms with Crippen LogP contribution < -0.4 is 18.9 Å². The number of benzene rings is 8. The second-order valence-corrected chi connectivity index (χ2v) is 35.0. The Morgan fingerprint density at radius 3 is 0.637 bits per heavy atom. The van der Waals surface area contributed by atoms with Crippen molar-refractivity contribution in [2.75, 3.05) is 26.4 Å². The molecule has 40 heteroatoms. The predicted octanol–water partition coefficient (Wildman–Crippen LogP) is 25.4. The fourth-order valence-corrected chi connectivity index (χ4v) is 19.7. The molecule has 0 radical (unpaired) electrons. The molecule has 16 nitrogen and oxygen atoms in total. The first-order valence-corrected chi connectivity index (χ1v) is 43.0. The Morgan fingerprint density at radius 2 is 0.484 bits per heavy atom. The Kier molecular flexibility index (Phi) is 33.4. The van der Waals surface area contributed by atoms with Gasteiger partial charge in [0.1, 0.15) is 66.3 Å².